The Morgan fingerprint density at radius 2 is 1.14 bits per heavy atom. The fourth-order valence-corrected chi connectivity index (χ4v) is 7.30. The van der Waals surface area contributed by atoms with Crippen molar-refractivity contribution < 1.29 is 23.9 Å². The molecule has 0 aromatic heterocycles. The molecule has 0 amide bonds. The second-order valence-electron chi connectivity index (χ2n) is 14.8. The molecule has 0 bridgehead atoms. The third-order valence-corrected chi connectivity index (χ3v) is 11.3. The van der Waals surface area contributed by atoms with E-state index in [4.69, 9.17) is 0 Å². The summed E-state index contributed by atoms with van der Waals surface area (Å²) in [6.45, 7) is 13.6. The molecule has 0 nitrogen and oxygen atoms in total. The molecule has 8 rings (SSSR count). The number of rotatable bonds is 2. The molecule has 0 saturated carbocycles. The Kier molecular flexibility index (Phi) is 13.2. The molecule has 0 unspecified atom stereocenters. The zero-order chi connectivity index (χ0) is 33.9. The van der Waals surface area contributed by atoms with Crippen molar-refractivity contribution in [3.05, 3.63) is 179 Å². The normalized spacial score (nSPS) is 12.5. The predicted octanol–water partition coefficient (Wildman–Crippen LogP) is 12.9. The molecule has 6 aromatic carbocycles. The van der Waals surface area contributed by atoms with Crippen LogP contribution < -0.4 is 0 Å². The van der Waals surface area contributed by atoms with Gasteiger partial charge in [0.15, 0.2) is 0 Å². The van der Waals surface area contributed by atoms with Crippen molar-refractivity contribution in [2.75, 3.05) is 0 Å². The fraction of sp³-hybridized carbons (Fsp3) is 0.213. The Morgan fingerprint density at radius 3 is 1.62 bits per heavy atom. The molecule has 6 aromatic rings. The van der Waals surface area contributed by atoms with Gasteiger partial charge in [0.05, 0.1) is 0 Å². The van der Waals surface area contributed by atoms with E-state index >= 15 is 0 Å². The minimum absolute atomic E-state index is 0. The monoisotopic (exact) mass is 860 g/mol. The molecule has 3 heteroatoms. The van der Waals surface area contributed by atoms with Gasteiger partial charge in [0.1, 0.15) is 0 Å². The standard InChI is InChI=1S/C21H14.C21H25.C5H5.2ClH.Hf/c1-3-7-20-14-16(9-11-18(20)5-1)13-17-10-12-19-6-2-4-8-21(19)15-17;1-20(2,3)16-9-7-14-11-15-8-10-17(21(4,5)6)13-19(15)18(14)12-16;1-2-4-5-3-1;;;/h1-12,14-15H;7,9-10,12-13H,11H2,1-6H3;1-3H,4H2;2*1H;/q;2*-1;;;+2. The molecule has 0 N–H and O–H groups in total. The van der Waals surface area contributed by atoms with Crippen molar-refractivity contribution >= 4 is 49.6 Å². The number of benzene rings is 6. The molecule has 0 atom stereocenters. The van der Waals surface area contributed by atoms with Crippen LogP contribution in [-0.2, 0) is 41.1 Å². The molecule has 2 aliphatic rings. The van der Waals surface area contributed by atoms with E-state index in [0.29, 0.717) is 0 Å². The van der Waals surface area contributed by atoms with Crippen LogP contribution in [-0.4, -0.2) is 3.26 Å². The van der Waals surface area contributed by atoms with Crippen molar-refractivity contribution in [2.45, 2.75) is 65.2 Å². The van der Waals surface area contributed by atoms with E-state index in [1.165, 1.54) is 69.3 Å². The first-order chi connectivity index (χ1) is 23.0. The van der Waals surface area contributed by atoms with Gasteiger partial charge in [0.25, 0.3) is 0 Å². The summed E-state index contributed by atoms with van der Waals surface area (Å²) in [4.78, 5) is 0. The van der Waals surface area contributed by atoms with E-state index in [0.717, 1.165) is 36.7 Å². The Labute approximate surface area is 326 Å². The van der Waals surface area contributed by atoms with Gasteiger partial charge < -0.3 is 0 Å². The predicted molar refractivity (Wildman–Crippen MR) is 218 cm³/mol. The molecule has 50 heavy (non-hydrogen) atoms. The van der Waals surface area contributed by atoms with E-state index in [1.807, 2.05) is 12.2 Å². The van der Waals surface area contributed by atoms with Crippen LogP contribution in [0.25, 0.3) is 32.7 Å². The third kappa shape index (κ3) is 9.29. The van der Waals surface area contributed by atoms with Gasteiger partial charge in [-0.1, -0.05) is 76.3 Å². The average molecular weight is 860 g/mol. The van der Waals surface area contributed by atoms with Crippen LogP contribution in [0.5, 0.6) is 0 Å². The second-order valence-corrected chi connectivity index (χ2v) is 16.6. The maximum atomic E-state index is 3.53. The van der Waals surface area contributed by atoms with E-state index in [9.17, 15) is 0 Å². The minimum atomic E-state index is 0. The van der Waals surface area contributed by atoms with E-state index < -0.39 is 0 Å². The van der Waals surface area contributed by atoms with Crippen LogP contribution in [0.4, 0.5) is 0 Å². The van der Waals surface area contributed by atoms with Gasteiger partial charge >= 0.3 is 145 Å². The molecule has 0 aliphatic heterocycles. The van der Waals surface area contributed by atoms with Crippen molar-refractivity contribution in [2.24, 2.45) is 0 Å². The average Bonchev–Trinajstić information content (AvgIpc) is 3.79. The van der Waals surface area contributed by atoms with E-state index in [2.05, 4.69) is 175 Å². The molecule has 0 radical (unpaired) electrons. The number of hydrogen-bond acceptors (Lipinski definition) is 0. The molecule has 0 fully saturated rings. The summed E-state index contributed by atoms with van der Waals surface area (Å²) >= 11 is 1.03. The number of halogens is 2. The molecular weight excluding hydrogens is 814 g/mol. The van der Waals surface area contributed by atoms with Crippen molar-refractivity contribution in [1.29, 1.82) is 0 Å². The summed E-state index contributed by atoms with van der Waals surface area (Å²) in [5, 5.41) is 5.24. The summed E-state index contributed by atoms with van der Waals surface area (Å²) in [5.41, 5.74) is 11.5. The van der Waals surface area contributed by atoms with Gasteiger partial charge in [-0.2, -0.15) is 35.4 Å². The Balaban J connectivity index is 0.000000190. The summed E-state index contributed by atoms with van der Waals surface area (Å²) in [6, 6.07) is 45.8. The molecular formula is C47H46Cl2Hf. The van der Waals surface area contributed by atoms with Crippen LogP contribution in [0.15, 0.2) is 133 Å². The fourth-order valence-electron chi connectivity index (χ4n) is 6.18. The zero-order valence-electron chi connectivity index (χ0n) is 29.9. The number of allylic oxidation sites excluding steroid dienone is 4. The summed E-state index contributed by atoms with van der Waals surface area (Å²) in [5.74, 6) is 0. The molecule has 2 aliphatic carbocycles. The van der Waals surface area contributed by atoms with Gasteiger partial charge in [-0.15, -0.1) is 36.8 Å². The summed E-state index contributed by atoms with van der Waals surface area (Å²) < 4.78 is 1.46. The molecule has 252 valence electrons. The Morgan fingerprint density at radius 1 is 0.600 bits per heavy atom. The summed E-state index contributed by atoms with van der Waals surface area (Å²) in [7, 11) is 0. The third-order valence-electron chi connectivity index (χ3n) is 9.19. The van der Waals surface area contributed by atoms with Gasteiger partial charge in [-0.3, -0.25) is 6.08 Å². The van der Waals surface area contributed by atoms with Gasteiger partial charge in [0, 0.05) is 0 Å². The first kappa shape index (κ1) is 39.4. The van der Waals surface area contributed by atoms with Gasteiger partial charge in [-0.05, 0) is 17.4 Å². The Hall–Kier alpha value is -3.36. The second kappa shape index (κ2) is 16.8. The van der Waals surface area contributed by atoms with E-state index in [-0.39, 0.29) is 35.6 Å². The van der Waals surface area contributed by atoms with Crippen LogP contribution in [0.1, 0.15) is 81.3 Å². The van der Waals surface area contributed by atoms with Gasteiger partial charge in [0.2, 0.25) is 0 Å². The molecule has 0 spiro atoms. The first-order valence-corrected chi connectivity index (χ1v) is 18.7. The SMILES string of the molecule is CC(C)(C)c1c[c-]c2c(c1)-c1cc(C(C)(C)C)ccc1C2.Cl.Cl.[C-]1=CC=CC1.[Hf+2]=[C](c1ccc2ccccc2c1)c1ccc2ccccc2c1. The van der Waals surface area contributed by atoms with Crippen molar-refractivity contribution in [3.8, 4) is 11.1 Å². The summed E-state index contributed by atoms with van der Waals surface area (Å²) in [6.07, 6.45) is 11.0. The number of fused-ring (bicyclic) bond motifs is 5. The Bertz CT molecular complexity index is 2020. The van der Waals surface area contributed by atoms with E-state index in [1.54, 1.807) is 0 Å². The van der Waals surface area contributed by atoms with Crippen LogP contribution in [0.3, 0.4) is 0 Å². The van der Waals surface area contributed by atoms with Crippen molar-refractivity contribution in [3.63, 3.8) is 0 Å². The molecule has 0 saturated heterocycles. The van der Waals surface area contributed by atoms with Crippen LogP contribution >= 0.6 is 24.8 Å². The van der Waals surface area contributed by atoms with Crippen LogP contribution in [0, 0.1) is 12.1 Å². The van der Waals surface area contributed by atoms with Crippen molar-refractivity contribution in [1.82, 2.24) is 0 Å². The quantitative estimate of drug-likeness (QED) is 0.120. The van der Waals surface area contributed by atoms with Crippen LogP contribution in [0.2, 0.25) is 0 Å². The van der Waals surface area contributed by atoms with Gasteiger partial charge in [-0.25, -0.2) is 12.2 Å². The number of hydrogen-bond donors (Lipinski definition) is 0. The first-order valence-electron chi connectivity index (χ1n) is 16.9. The molecule has 0 heterocycles. The zero-order valence-corrected chi connectivity index (χ0v) is 35.2. The maximum absolute atomic E-state index is 3.53. The topological polar surface area (TPSA) is 0 Å².